The normalized spacial score (nSPS) is 15.3. The summed E-state index contributed by atoms with van der Waals surface area (Å²) in [5.41, 5.74) is 1.19. The van der Waals surface area contributed by atoms with E-state index in [0.717, 1.165) is 29.5 Å². The lowest BCUT2D eigenvalue weighted by Gasteiger charge is -2.35. The molecular formula is C21H26FN3O3S. The zero-order chi connectivity index (χ0) is 21.0. The maximum absolute atomic E-state index is 13.4. The molecule has 0 bridgehead atoms. The van der Waals surface area contributed by atoms with Crippen LogP contribution < -0.4 is 4.31 Å². The molecule has 0 aliphatic carbocycles. The fourth-order valence-corrected chi connectivity index (χ4v) is 4.71. The molecule has 1 fully saturated rings. The molecule has 6 nitrogen and oxygen atoms in total. The third-order valence-corrected chi connectivity index (χ3v) is 6.96. The first kappa shape index (κ1) is 21.3. The highest BCUT2D eigenvalue weighted by Crippen LogP contribution is 2.24. The third kappa shape index (κ3) is 4.94. The van der Waals surface area contributed by atoms with Gasteiger partial charge in [0.1, 0.15) is 12.4 Å². The van der Waals surface area contributed by atoms with E-state index in [1.807, 2.05) is 6.92 Å². The van der Waals surface area contributed by atoms with Gasteiger partial charge in [-0.15, -0.1) is 0 Å². The van der Waals surface area contributed by atoms with E-state index < -0.39 is 15.8 Å². The standard InChI is InChI=1S/C21H26FN3O3S/c1-3-23-12-14-24(15-13-23)21(26)16-25(19-8-6-18(22)7-9-19)29(27,28)20-10-4-17(2)5-11-20/h4-11H,3,12-16H2,1-2H3. The highest BCUT2D eigenvalue weighted by atomic mass is 32.2. The van der Waals surface area contributed by atoms with Gasteiger partial charge in [-0.2, -0.15) is 0 Å². The second kappa shape index (κ2) is 8.92. The summed E-state index contributed by atoms with van der Waals surface area (Å²) in [6.45, 7) is 7.20. The summed E-state index contributed by atoms with van der Waals surface area (Å²) in [4.78, 5) is 16.9. The second-order valence-electron chi connectivity index (χ2n) is 7.12. The molecule has 0 saturated carbocycles. The number of hydrogen-bond donors (Lipinski definition) is 0. The van der Waals surface area contributed by atoms with Gasteiger partial charge in [0.25, 0.3) is 10.0 Å². The number of amides is 1. The maximum atomic E-state index is 13.4. The van der Waals surface area contributed by atoms with Gasteiger partial charge in [-0.25, -0.2) is 12.8 Å². The average Bonchev–Trinajstić information content (AvgIpc) is 2.73. The van der Waals surface area contributed by atoms with Gasteiger partial charge in [0, 0.05) is 26.2 Å². The van der Waals surface area contributed by atoms with Crippen molar-refractivity contribution in [3.8, 4) is 0 Å². The van der Waals surface area contributed by atoms with Crippen LogP contribution in [0.4, 0.5) is 10.1 Å². The van der Waals surface area contributed by atoms with Gasteiger partial charge in [0.05, 0.1) is 10.6 Å². The molecule has 1 amide bonds. The van der Waals surface area contributed by atoms with Crippen molar-refractivity contribution in [3.05, 3.63) is 59.9 Å². The number of sulfonamides is 1. The number of piperazine rings is 1. The minimum atomic E-state index is -3.98. The molecule has 3 rings (SSSR count). The molecule has 0 atom stereocenters. The number of nitrogens with zero attached hydrogens (tertiary/aromatic N) is 3. The number of anilines is 1. The van der Waals surface area contributed by atoms with Crippen LogP contribution in [0.15, 0.2) is 53.4 Å². The number of carbonyl (C=O) groups is 1. The van der Waals surface area contributed by atoms with Crippen LogP contribution in [-0.2, 0) is 14.8 Å². The molecule has 29 heavy (non-hydrogen) atoms. The van der Waals surface area contributed by atoms with Crippen LogP contribution in [-0.4, -0.2) is 63.4 Å². The minimum absolute atomic E-state index is 0.0935. The zero-order valence-electron chi connectivity index (χ0n) is 16.7. The summed E-state index contributed by atoms with van der Waals surface area (Å²) in [5.74, 6) is -0.732. The molecule has 0 radical (unpaired) electrons. The van der Waals surface area contributed by atoms with Gasteiger partial charge < -0.3 is 9.80 Å². The molecule has 1 saturated heterocycles. The molecule has 156 valence electrons. The van der Waals surface area contributed by atoms with E-state index in [-0.39, 0.29) is 23.0 Å². The van der Waals surface area contributed by atoms with Crippen molar-refractivity contribution in [2.75, 3.05) is 43.6 Å². The summed E-state index contributed by atoms with van der Waals surface area (Å²) >= 11 is 0. The van der Waals surface area contributed by atoms with E-state index in [2.05, 4.69) is 11.8 Å². The Balaban J connectivity index is 1.88. The smallest absolute Gasteiger partial charge is 0.264 e. The number of carbonyl (C=O) groups excluding carboxylic acids is 1. The van der Waals surface area contributed by atoms with E-state index in [0.29, 0.717) is 13.1 Å². The van der Waals surface area contributed by atoms with Gasteiger partial charge in [0.15, 0.2) is 0 Å². The number of hydrogen-bond acceptors (Lipinski definition) is 4. The van der Waals surface area contributed by atoms with Crippen molar-refractivity contribution in [1.82, 2.24) is 9.80 Å². The summed E-state index contributed by atoms with van der Waals surface area (Å²) in [7, 11) is -3.98. The fraction of sp³-hybridized carbons (Fsp3) is 0.381. The fourth-order valence-electron chi connectivity index (χ4n) is 3.30. The predicted molar refractivity (Wildman–Crippen MR) is 111 cm³/mol. The summed E-state index contributed by atoms with van der Waals surface area (Å²) in [6, 6.07) is 11.6. The van der Waals surface area contributed by atoms with E-state index in [1.165, 1.54) is 36.4 Å². The predicted octanol–water partition coefficient (Wildman–Crippen LogP) is 2.49. The lowest BCUT2D eigenvalue weighted by molar-refractivity contribution is -0.131. The van der Waals surface area contributed by atoms with Crippen molar-refractivity contribution >= 4 is 21.6 Å². The summed E-state index contributed by atoms with van der Waals surface area (Å²) in [5, 5.41) is 0. The van der Waals surface area contributed by atoms with Crippen molar-refractivity contribution in [1.29, 1.82) is 0 Å². The average molecular weight is 420 g/mol. The zero-order valence-corrected chi connectivity index (χ0v) is 17.5. The third-order valence-electron chi connectivity index (χ3n) is 5.17. The molecule has 1 aliphatic rings. The first-order chi connectivity index (χ1) is 13.8. The number of halogens is 1. The Kier molecular flexibility index (Phi) is 6.54. The lowest BCUT2D eigenvalue weighted by Crippen LogP contribution is -2.51. The lowest BCUT2D eigenvalue weighted by atomic mass is 10.2. The van der Waals surface area contributed by atoms with Crippen LogP contribution in [0.2, 0.25) is 0 Å². The first-order valence-corrected chi connectivity index (χ1v) is 11.1. The highest BCUT2D eigenvalue weighted by molar-refractivity contribution is 7.92. The summed E-state index contributed by atoms with van der Waals surface area (Å²) < 4.78 is 41.0. The van der Waals surface area contributed by atoms with Crippen LogP contribution in [0, 0.1) is 12.7 Å². The molecule has 2 aromatic carbocycles. The Morgan fingerprint density at radius 3 is 2.14 bits per heavy atom. The molecule has 8 heteroatoms. The van der Waals surface area contributed by atoms with Crippen molar-refractivity contribution in [2.45, 2.75) is 18.7 Å². The number of rotatable bonds is 6. The molecular weight excluding hydrogens is 393 g/mol. The Bertz CT molecular complexity index is 938. The van der Waals surface area contributed by atoms with E-state index in [9.17, 15) is 17.6 Å². The molecule has 0 N–H and O–H groups in total. The number of aryl methyl sites for hydroxylation is 1. The van der Waals surface area contributed by atoms with Crippen molar-refractivity contribution in [2.24, 2.45) is 0 Å². The van der Waals surface area contributed by atoms with Crippen LogP contribution in [0.5, 0.6) is 0 Å². The topological polar surface area (TPSA) is 60.9 Å². The minimum Gasteiger partial charge on any atom is -0.339 e. The van der Waals surface area contributed by atoms with Gasteiger partial charge in [0.2, 0.25) is 5.91 Å². The summed E-state index contributed by atoms with van der Waals surface area (Å²) in [6.07, 6.45) is 0. The number of likely N-dealkylation sites (N-methyl/N-ethyl adjacent to an activating group) is 1. The van der Waals surface area contributed by atoms with Crippen molar-refractivity contribution < 1.29 is 17.6 Å². The van der Waals surface area contributed by atoms with Crippen LogP contribution in [0.3, 0.4) is 0 Å². The van der Waals surface area contributed by atoms with Crippen LogP contribution in [0.25, 0.3) is 0 Å². The Morgan fingerprint density at radius 2 is 1.59 bits per heavy atom. The molecule has 1 heterocycles. The van der Waals surface area contributed by atoms with E-state index in [4.69, 9.17) is 0 Å². The first-order valence-electron chi connectivity index (χ1n) is 9.66. The van der Waals surface area contributed by atoms with Gasteiger partial charge >= 0.3 is 0 Å². The van der Waals surface area contributed by atoms with Gasteiger partial charge in [-0.1, -0.05) is 24.6 Å². The highest BCUT2D eigenvalue weighted by Gasteiger charge is 2.30. The SMILES string of the molecule is CCN1CCN(C(=O)CN(c2ccc(F)cc2)S(=O)(=O)c2ccc(C)cc2)CC1. The molecule has 0 spiro atoms. The van der Waals surface area contributed by atoms with E-state index >= 15 is 0 Å². The van der Waals surface area contributed by atoms with Crippen LogP contribution in [0.1, 0.15) is 12.5 Å². The molecule has 2 aromatic rings. The molecule has 0 unspecified atom stereocenters. The molecule has 0 aromatic heterocycles. The molecule has 1 aliphatic heterocycles. The van der Waals surface area contributed by atoms with Gasteiger partial charge in [-0.05, 0) is 49.9 Å². The van der Waals surface area contributed by atoms with Gasteiger partial charge in [-0.3, -0.25) is 9.10 Å². The van der Waals surface area contributed by atoms with E-state index in [1.54, 1.807) is 17.0 Å². The quantitative estimate of drug-likeness (QED) is 0.722. The number of benzene rings is 2. The van der Waals surface area contributed by atoms with Crippen LogP contribution >= 0.6 is 0 Å². The maximum Gasteiger partial charge on any atom is 0.264 e. The second-order valence-corrected chi connectivity index (χ2v) is 8.98. The Labute approximate surface area is 171 Å². The Morgan fingerprint density at radius 1 is 1.00 bits per heavy atom. The largest absolute Gasteiger partial charge is 0.339 e. The monoisotopic (exact) mass is 419 g/mol. The van der Waals surface area contributed by atoms with Crippen molar-refractivity contribution in [3.63, 3.8) is 0 Å². The Hall–Kier alpha value is -2.45.